The highest BCUT2D eigenvalue weighted by molar-refractivity contribution is 5.79. The Balaban J connectivity index is 1.51. The van der Waals surface area contributed by atoms with Gasteiger partial charge in [0.05, 0.1) is 28.1 Å². The van der Waals surface area contributed by atoms with E-state index in [1.807, 2.05) is 62.4 Å². The van der Waals surface area contributed by atoms with Crippen molar-refractivity contribution in [2.75, 3.05) is 0 Å². The van der Waals surface area contributed by atoms with Crippen molar-refractivity contribution in [2.24, 2.45) is 13.0 Å². The minimum absolute atomic E-state index is 0.107. The van der Waals surface area contributed by atoms with E-state index >= 15 is 0 Å². The number of hydrogen-bond acceptors (Lipinski definition) is 3. The number of aromatic nitrogens is 4. The number of carbonyl (C=O) groups is 1. The van der Waals surface area contributed by atoms with Crippen LogP contribution in [0, 0.1) is 5.92 Å². The first kappa shape index (κ1) is 19.0. The molecular formula is C22H25N5O2. The van der Waals surface area contributed by atoms with Crippen molar-refractivity contribution in [3.05, 3.63) is 64.8 Å². The SMILES string of the molecule is CC(C)[C@H](NC(=O)CCn1c(=O)n(C)c2ccccc21)c1nc2ccccc2[nH]1. The van der Waals surface area contributed by atoms with Gasteiger partial charge in [-0.15, -0.1) is 0 Å². The smallest absolute Gasteiger partial charge is 0.328 e. The summed E-state index contributed by atoms with van der Waals surface area (Å²) in [5.74, 6) is 0.806. The van der Waals surface area contributed by atoms with Crippen molar-refractivity contribution < 1.29 is 4.79 Å². The first-order valence-electron chi connectivity index (χ1n) is 9.84. The van der Waals surface area contributed by atoms with Gasteiger partial charge in [-0.1, -0.05) is 38.1 Å². The summed E-state index contributed by atoms with van der Waals surface area (Å²) in [7, 11) is 1.75. The second-order valence-electron chi connectivity index (χ2n) is 7.66. The van der Waals surface area contributed by atoms with E-state index in [-0.39, 0.29) is 30.0 Å². The fourth-order valence-corrected chi connectivity index (χ4v) is 3.71. The summed E-state index contributed by atoms with van der Waals surface area (Å²) in [6, 6.07) is 15.2. The van der Waals surface area contributed by atoms with Crippen molar-refractivity contribution in [2.45, 2.75) is 32.9 Å². The second kappa shape index (κ2) is 7.58. The highest BCUT2D eigenvalue weighted by atomic mass is 16.2. The van der Waals surface area contributed by atoms with E-state index in [4.69, 9.17) is 0 Å². The predicted octanol–water partition coefficient (Wildman–Crippen LogP) is 3.12. The molecule has 7 nitrogen and oxygen atoms in total. The van der Waals surface area contributed by atoms with Crippen LogP contribution in [0.2, 0.25) is 0 Å². The van der Waals surface area contributed by atoms with Crippen LogP contribution in [-0.4, -0.2) is 25.0 Å². The monoisotopic (exact) mass is 391 g/mol. The van der Waals surface area contributed by atoms with Gasteiger partial charge in [-0.25, -0.2) is 9.78 Å². The number of aryl methyl sites for hydroxylation is 2. The lowest BCUT2D eigenvalue weighted by atomic mass is 10.0. The molecule has 1 atom stereocenters. The van der Waals surface area contributed by atoms with Crippen molar-refractivity contribution in [1.29, 1.82) is 0 Å². The van der Waals surface area contributed by atoms with Crippen molar-refractivity contribution in [3.63, 3.8) is 0 Å². The summed E-state index contributed by atoms with van der Waals surface area (Å²) in [5.41, 5.74) is 3.41. The predicted molar refractivity (Wildman–Crippen MR) is 114 cm³/mol. The summed E-state index contributed by atoms with van der Waals surface area (Å²) >= 11 is 0. The molecule has 2 aromatic carbocycles. The largest absolute Gasteiger partial charge is 0.346 e. The number of carbonyl (C=O) groups excluding carboxylic acids is 1. The molecule has 150 valence electrons. The molecule has 2 heterocycles. The molecule has 0 unspecified atom stereocenters. The van der Waals surface area contributed by atoms with E-state index in [0.29, 0.717) is 6.54 Å². The van der Waals surface area contributed by atoms with Crippen LogP contribution in [0.1, 0.15) is 32.1 Å². The van der Waals surface area contributed by atoms with Gasteiger partial charge in [0.1, 0.15) is 5.82 Å². The number of aromatic amines is 1. The molecule has 0 bridgehead atoms. The number of benzene rings is 2. The van der Waals surface area contributed by atoms with Gasteiger partial charge in [-0.3, -0.25) is 13.9 Å². The summed E-state index contributed by atoms with van der Waals surface area (Å²) < 4.78 is 3.26. The molecule has 0 aliphatic rings. The Morgan fingerprint density at radius 1 is 1.10 bits per heavy atom. The number of amides is 1. The van der Waals surface area contributed by atoms with Crippen LogP contribution in [0.3, 0.4) is 0 Å². The molecule has 0 fully saturated rings. The molecule has 29 heavy (non-hydrogen) atoms. The third kappa shape index (κ3) is 3.55. The van der Waals surface area contributed by atoms with E-state index in [1.54, 1.807) is 16.2 Å². The highest BCUT2D eigenvalue weighted by Gasteiger charge is 2.22. The Morgan fingerprint density at radius 3 is 2.52 bits per heavy atom. The molecule has 0 aliphatic heterocycles. The summed E-state index contributed by atoms with van der Waals surface area (Å²) in [6.45, 7) is 4.43. The molecule has 7 heteroatoms. The van der Waals surface area contributed by atoms with E-state index in [9.17, 15) is 9.59 Å². The minimum Gasteiger partial charge on any atom is -0.346 e. The van der Waals surface area contributed by atoms with Crippen molar-refractivity contribution in [3.8, 4) is 0 Å². The van der Waals surface area contributed by atoms with Gasteiger partial charge < -0.3 is 10.3 Å². The van der Waals surface area contributed by atoms with E-state index in [2.05, 4.69) is 15.3 Å². The molecule has 0 aliphatic carbocycles. The van der Waals surface area contributed by atoms with Crippen LogP contribution in [0.4, 0.5) is 0 Å². The van der Waals surface area contributed by atoms with Crippen LogP contribution in [-0.2, 0) is 18.4 Å². The van der Waals surface area contributed by atoms with Gasteiger partial charge in [0.2, 0.25) is 5.91 Å². The minimum atomic E-state index is -0.223. The van der Waals surface area contributed by atoms with Crippen LogP contribution in [0.15, 0.2) is 53.3 Å². The molecule has 1 amide bonds. The molecule has 0 spiro atoms. The molecule has 2 N–H and O–H groups in total. The number of fused-ring (bicyclic) bond motifs is 2. The Bertz CT molecular complexity index is 1200. The van der Waals surface area contributed by atoms with E-state index in [0.717, 1.165) is 27.9 Å². The van der Waals surface area contributed by atoms with Crippen molar-refractivity contribution >= 4 is 28.0 Å². The van der Waals surface area contributed by atoms with E-state index in [1.165, 1.54) is 0 Å². The number of nitrogens with one attached hydrogen (secondary N) is 2. The van der Waals surface area contributed by atoms with Crippen LogP contribution in [0.25, 0.3) is 22.1 Å². The lowest BCUT2D eigenvalue weighted by Crippen LogP contribution is -2.34. The zero-order chi connectivity index (χ0) is 20.5. The molecule has 4 aromatic rings. The third-order valence-electron chi connectivity index (χ3n) is 5.30. The fraction of sp³-hybridized carbons (Fsp3) is 0.318. The zero-order valence-electron chi connectivity index (χ0n) is 16.8. The molecule has 0 radical (unpaired) electrons. The quantitative estimate of drug-likeness (QED) is 0.530. The topological polar surface area (TPSA) is 84.7 Å². The Labute approximate surface area is 168 Å². The number of para-hydroxylation sites is 4. The van der Waals surface area contributed by atoms with Gasteiger partial charge >= 0.3 is 5.69 Å². The second-order valence-corrected chi connectivity index (χ2v) is 7.66. The first-order valence-corrected chi connectivity index (χ1v) is 9.84. The number of imidazole rings is 2. The maximum Gasteiger partial charge on any atom is 0.328 e. The van der Waals surface area contributed by atoms with Crippen LogP contribution >= 0.6 is 0 Å². The molecule has 0 saturated heterocycles. The number of nitrogens with zero attached hydrogens (tertiary/aromatic N) is 3. The lowest BCUT2D eigenvalue weighted by molar-refractivity contribution is -0.122. The Hall–Kier alpha value is -3.35. The highest BCUT2D eigenvalue weighted by Crippen LogP contribution is 2.22. The zero-order valence-corrected chi connectivity index (χ0v) is 16.8. The van der Waals surface area contributed by atoms with Crippen molar-refractivity contribution in [1.82, 2.24) is 24.4 Å². The Kier molecular flexibility index (Phi) is 4.96. The average molecular weight is 391 g/mol. The summed E-state index contributed by atoms with van der Waals surface area (Å²) in [5, 5.41) is 3.08. The third-order valence-corrected chi connectivity index (χ3v) is 5.30. The van der Waals surface area contributed by atoms with Crippen LogP contribution in [0.5, 0.6) is 0 Å². The van der Waals surface area contributed by atoms with E-state index < -0.39 is 0 Å². The van der Waals surface area contributed by atoms with Gasteiger partial charge in [0.25, 0.3) is 0 Å². The molecule has 4 rings (SSSR count). The van der Waals surface area contributed by atoms with Gasteiger partial charge in [0.15, 0.2) is 0 Å². The molecule has 2 aromatic heterocycles. The fourth-order valence-electron chi connectivity index (χ4n) is 3.71. The Morgan fingerprint density at radius 2 is 1.79 bits per heavy atom. The number of hydrogen-bond donors (Lipinski definition) is 2. The number of H-pyrrole nitrogens is 1. The average Bonchev–Trinajstić information content (AvgIpc) is 3.24. The van der Waals surface area contributed by atoms with Gasteiger partial charge in [-0.05, 0) is 30.2 Å². The summed E-state index contributed by atoms with van der Waals surface area (Å²) in [6.07, 6.45) is 0.220. The molecule has 0 saturated carbocycles. The van der Waals surface area contributed by atoms with Gasteiger partial charge in [-0.2, -0.15) is 0 Å². The normalized spacial score (nSPS) is 12.7. The van der Waals surface area contributed by atoms with Gasteiger partial charge in [0, 0.05) is 20.0 Å². The standard InChI is InChI=1S/C22H25N5O2/c1-14(2)20(21-23-15-8-4-5-9-16(15)24-21)25-19(28)12-13-27-18-11-7-6-10-17(18)26(3)22(27)29/h4-11,14,20H,12-13H2,1-3H3,(H,23,24)(H,25,28)/t20-/m0/s1. The first-order chi connectivity index (χ1) is 14.0. The number of rotatable bonds is 6. The molecular weight excluding hydrogens is 366 g/mol. The maximum atomic E-state index is 12.7. The van der Waals surface area contributed by atoms with Crippen LogP contribution < -0.4 is 11.0 Å². The lowest BCUT2D eigenvalue weighted by Gasteiger charge is -2.20. The maximum absolute atomic E-state index is 12.7. The summed E-state index contributed by atoms with van der Waals surface area (Å²) in [4.78, 5) is 33.2.